The van der Waals surface area contributed by atoms with E-state index in [1.807, 2.05) is 0 Å². The van der Waals surface area contributed by atoms with Crippen LogP contribution in [-0.4, -0.2) is 45.8 Å². The van der Waals surface area contributed by atoms with Crippen LogP contribution in [0.5, 0.6) is 0 Å². The Labute approximate surface area is 106 Å². The van der Waals surface area contributed by atoms with Gasteiger partial charge in [-0.2, -0.15) is 5.10 Å². The first kappa shape index (κ1) is 11.4. The summed E-state index contributed by atoms with van der Waals surface area (Å²) in [4.78, 5) is 6.42. The Kier molecular flexibility index (Phi) is 3.34. The van der Waals surface area contributed by atoms with Crippen molar-refractivity contribution in [3.63, 3.8) is 0 Å². The molecule has 2 heterocycles. The first-order valence-corrected chi connectivity index (χ1v) is 6.29. The molecule has 0 bridgehead atoms. The lowest BCUT2D eigenvalue weighted by molar-refractivity contribution is 0.233. The van der Waals surface area contributed by atoms with E-state index in [1.54, 1.807) is 17.3 Å². The molecule has 1 aromatic carbocycles. The average molecular weight is 243 g/mol. The molecule has 1 fully saturated rings. The predicted molar refractivity (Wildman–Crippen MR) is 69.5 cm³/mol. The molecule has 0 radical (unpaired) electrons. The third-order valence-electron chi connectivity index (χ3n) is 3.24. The van der Waals surface area contributed by atoms with Gasteiger partial charge in [0.25, 0.3) is 0 Å². The fraction of sp³-hybridized carbons (Fsp3) is 0.385. The first-order valence-electron chi connectivity index (χ1n) is 6.29. The molecule has 2 aromatic rings. The van der Waals surface area contributed by atoms with E-state index in [9.17, 15) is 0 Å². The zero-order valence-electron chi connectivity index (χ0n) is 10.3. The lowest BCUT2D eigenvalue weighted by Gasteiger charge is -2.27. The molecular weight excluding hydrogens is 226 g/mol. The Morgan fingerprint density at radius 3 is 2.56 bits per heavy atom. The lowest BCUT2D eigenvalue weighted by atomic mass is 10.2. The zero-order chi connectivity index (χ0) is 12.2. The lowest BCUT2D eigenvalue weighted by Crippen LogP contribution is -2.42. The summed E-state index contributed by atoms with van der Waals surface area (Å²) in [5, 5.41) is 7.49. The van der Waals surface area contributed by atoms with Gasteiger partial charge in [-0.1, -0.05) is 12.1 Å². The first-order chi connectivity index (χ1) is 8.92. The predicted octanol–water partition coefficient (Wildman–Crippen LogP) is 0.672. The molecule has 1 aliphatic heterocycles. The monoisotopic (exact) mass is 243 g/mol. The molecule has 18 heavy (non-hydrogen) atoms. The smallest absolute Gasteiger partial charge is 0.138 e. The second kappa shape index (κ2) is 5.29. The van der Waals surface area contributed by atoms with Gasteiger partial charge in [0.05, 0.1) is 5.69 Å². The Hall–Kier alpha value is -1.72. The minimum Gasteiger partial charge on any atom is -0.314 e. The van der Waals surface area contributed by atoms with Crippen molar-refractivity contribution in [2.24, 2.45) is 0 Å². The van der Waals surface area contributed by atoms with Crippen LogP contribution in [-0.2, 0) is 6.54 Å². The van der Waals surface area contributed by atoms with Crippen LogP contribution in [0.25, 0.3) is 5.69 Å². The number of aromatic nitrogens is 3. The van der Waals surface area contributed by atoms with Crippen LogP contribution in [0.1, 0.15) is 5.56 Å². The van der Waals surface area contributed by atoms with E-state index < -0.39 is 0 Å². The second-order valence-electron chi connectivity index (χ2n) is 4.53. The topological polar surface area (TPSA) is 46.0 Å². The van der Waals surface area contributed by atoms with Crippen LogP contribution < -0.4 is 5.32 Å². The third-order valence-corrected chi connectivity index (χ3v) is 3.24. The molecule has 1 N–H and O–H groups in total. The normalized spacial score (nSPS) is 16.9. The van der Waals surface area contributed by atoms with E-state index in [4.69, 9.17) is 0 Å². The molecule has 0 aliphatic carbocycles. The van der Waals surface area contributed by atoms with Crippen LogP contribution >= 0.6 is 0 Å². The summed E-state index contributed by atoms with van der Waals surface area (Å²) in [5.41, 5.74) is 2.40. The highest BCUT2D eigenvalue weighted by atomic mass is 15.3. The molecule has 1 aromatic heterocycles. The van der Waals surface area contributed by atoms with Gasteiger partial charge < -0.3 is 5.32 Å². The van der Waals surface area contributed by atoms with Gasteiger partial charge >= 0.3 is 0 Å². The quantitative estimate of drug-likeness (QED) is 0.861. The molecule has 5 heteroatoms. The fourth-order valence-corrected chi connectivity index (χ4v) is 2.22. The molecule has 0 amide bonds. The van der Waals surface area contributed by atoms with Crippen molar-refractivity contribution in [2.45, 2.75) is 6.54 Å². The highest BCUT2D eigenvalue weighted by Gasteiger charge is 2.09. The minimum absolute atomic E-state index is 1.03. The highest BCUT2D eigenvalue weighted by Crippen LogP contribution is 2.10. The molecule has 1 saturated heterocycles. The van der Waals surface area contributed by atoms with E-state index in [-0.39, 0.29) is 0 Å². The van der Waals surface area contributed by atoms with Crippen molar-refractivity contribution < 1.29 is 0 Å². The summed E-state index contributed by atoms with van der Waals surface area (Å²) in [6.07, 6.45) is 3.26. The minimum atomic E-state index is 1.03. The summed E-state index contributed by atoms with van der Waals surface area (Å²) in [6, 6.07) is 8.51. The Morgan fingerprint density at radius 2 is 1.89 bits per heavy atom. The number of hydrogen-bond acceptors (Lipinski definition) is 4. The number of rotatable bonds is 3. The standard InChI is InChI=1S/C13H17N5/c1-3-13(18-11-15-10-16-18)4-2-12(1)9-17-7-5-14-6-8-17/h1-4,10-11,14H,5-9H2. The van der Waals surface area contributed by atoms with Crippen molar-refractivity contribution in [2.75, 3.05) is 26.2 Å². The summed E-state index contributed by atoms with van der Waals surface area (Å²) in [5.74, 6) is 0. The van der Waals surface area contributed by atoms with Crippen LogP contribution in [0, 0.1) is 0 Å². The number of benzene rings is 1. The van der Waals surface area contributed by atoms with Gasteiger partial charge in [0.2, 0.25) is 0 Å². The summed E-state index contributed by atoms with van der Waals surface area (Å²) >= 11 is 0. The van der Waals surface area contributed by atoms with Crippen LogP contribution in [0.15, 0.2) is 36.9 Å². The van der Waals surface area contributed by atoms with Crippen LogP contribution in [0.2, 0.25) is 0 Å². The van der Waals surface area contributed by atoms with E-state index in [2.05, 4.69) is 44.6 Å². The van der Waals surface area contributed by atoms with Crippen molar-refractivity contribution in [1.82, 2.24) is 25.0 Å². The van der Waals surface area contributed by atoms with E-state index in [0.717, 1.165) is 38.4 Å². The molecule has 3 rings (SSSR count). The van der Waals surface area contributed by atoms with Gasteiger partial charge in [0.15, 0.2) is 0 Å². The van der Waals surface area contributed by atoms with Crippen LogP contribution in [0.4, 0.5) is 0 Å². The second-order valence-corrected chi connectivity index (χ2v) is 4.53. The molecular formula is C13H17N5. The molecule has 5 nitrogen and oxygen atoms in total. The van der Waals surface area contributed by atoms with Crippen molar-refractivity contribution in [1.29, 1.82) is 0 Å². The summed E-state index contributed by atoms with van der Waals surface area (Å²) in [6.45, 7) is 5.48. The van der Waals surface area contributed by atoms with Crippen molar-refractivity contribution in [3.8, 4) is 5.69 Å². The molecule has 1 aliphatic rings. The fourth-order valence-electron chi connectivity index (χ4n) is 2.22. The number of hydrogen-bond donors (Lipinski definition) is 1. The maximum atomic E-state index is 4.12. The van der Waals surface area contributed by atoms with Gasteiger partial charge in [-0.3, -0.25) is 4.90 Å². The number of nitrogens with zero attached hydrogens (tertiary/aromatic N) is 4. The van der Waals surface area contributed by atoms with Gasteiger partial charge in [-0.05, 0) is 17.7 Å². The van der Waals surface area contributed by atoms with Crippen molar-refractivity contribution in [3.05, 3.63) is 42.5 Å². The van der Waals surface area contributed by atoms with E-state index >= 15 is 0 Å². The maximum absolute atomic E-state index is 4.12. The van der Waals surface area contributed by atoms with Gasteiger partial charge in [0.1, 0.15) is 12.7 Å². The molecule has 0 atom stereocenters. The third kappa shape index (κ3) is 2.57. The molecule has 0 unspecified atom stereocenters. The molecule has 0 spiro atoms. The zero-order valence-corrected chi connectivity index (χ0v) is 10.3. The molecule has 0 saturated carbocycles. The van der Waals surface area contributed by atoms with E-state index in [0.29, 0.717) is 0 Å². The van der Waals surface area contributed by atoms with Crippen molar-refractivity contribution >= 4 is 0 Å². The Morgan fingerprint density at radius 1 is 1.11 bits per heavy atom. The molecule has 94 valence electrons. The van der Waals surface area contributed by atoms with Crippen LogP contribution in [0.3, 0.4) is 0 Å². The number of piperazine rings is 1. The van der Waals surface area contributed by atoms with Gasteiger partial charge in [0, 0.05) is 32.7 Å². The number of nitrogens with one attached hydrogen (secondary N) is 1. The van der Waals surface area contributed by atoms with Gasteiger partial charge in [-0.25, -0.2) is 9.67 Å². The van der Waals surface area contributed by atoms with E-state index in [1.165, 1.54) is 5.56 Å². The summed E-state index contributed by atoms with van der Waals surface area (Å²) < 4.78 is 1.77. The SMILES string of the molecule is c1ncn(-c2ccc(CN3CCNCC3)cc2)n1. The summed E-state index contributed by atoms with van der Waals surface area (Å²) in [7, 11) is 0. The van der Waals surface area contributed by atoms with Gasteiger partial charge in [-0.15, -0.1) is 0 Å². The highest BCUT2D eigenvalue weighted by molar-refractivity contribution is 5.33. The largest absolute Gasteiger partial charge is 0.314 e. The average Bonchev–Trinajstić information content (AvgIpc) is 2.95. The Balaban J connectivity index is 1.67. The maximum Gasteiger partial charge on any atom is 0.138 e. The Bertz CT molecular complexity index is 471.